The van der Waals surface area contributed by atoms with Crippen LogP contribution in [0.15, 0.2) is 30.4 Å². The van der Waals surface area contributed by atoms with Crippen molar-refractivity contribution < 1.29 is 38.7 Å². The first kappa shape index (κ1) is 26.9. The first-order chi connectivity index (χ1) is 16.3. The third-order valence-electron chi connectivity index (χ3n) is 6.52. The van der Waals surface area contributed by atoms with E-state index in [2.05, 4.69) is 0 Å². The molecule has 0 amide bonds. The van der Waals surface area contributed by atoms with Crippen molar-refractivity contribution in [3.63, 3.8) is 0 Å². The van der Waals surface area contributed by atoms with Crippen molar-refractivity contribution in [2.75, 3.05) is 19.8 Å². The predicted octanol–water partition coefficient (Wildman–Crippen LogP) is 3.84. The summed E-state index contributed by atoms with van der Waals surface area (Å²) in [6.45, 7) is 2.65. The Labute approximate surface area is 204 Å². The molecule has 1 saturated heterocycles. The molecule has 1 aromatic rings. The molecular weight excluding hydrogens is 467 g/mol. The van der Waals surface area contributed by atoms with Gasteiger partial charge in [0.2, 0.25) is 0 Å². The molecule has 0 bridgehead atoms. The second-order valence-corrected chi connectivity index (χ2v) is 9.61. The van der Waals surface area contributed by atoms with Crippen molar-refractivity contribution in [2.45, 2.75) is 63.4 Å². The van der Waals surface area contributed by atoms with Gasteiger partial charge in [0.1, 0.15) is 24.3 Å². The Morgan fingerprint density at radius 1 is 1.35 bits per heavy atom. The van der Waals surface area contributed by atoms with Crippen LogP contribution in [0.3, 0.4) is 0 Å². The van der Waals surface area contributed by atoms with Gasteiger partial charge in [-0.2, -0.15) is 0 Å². The maximum absolute atomic E-state index is 13.4. The first-order valence-electron chi connectivity index (χ1n) is 11.9. The molecule has 1 aromatic carbocycles. The number of halogens is 2. The van der Waals surface area contributed by atoms with E-state index in [1.807, 2.05) is 13.0 Å². The van der Waals surface area contributed by atoms with E-state index in [1.54, 1.807) is 6.08 Å². The molecule has 2 aliphatic rings. The van der Waals surface area contributed by atoms with E-state index < -0.39 is 30.1 Å². The SMILES string of the molecule is CCCC(OC[C@@H]1CC[C@@H]2[C@@H](C=C[C@@H](O)COc3cc(F)cc(Cl)c3)[C@H](O)C[C@@H]2OC1)C(=O)O. The van der Waals surface area contributed by atoms with Gasteiger partial charge in [0, 0.05) is 29.3 Å². The average molecular weight is 501 g/mol. The molecule has 2 fully saturated rings. The van der Waals surface area contributed by atoms with Crippen molar-refractivity contribution in [1.82, 2.24) is 0 Å². The van der Waals surface area contributed by atoms with Gasteiger partial charge in [-0.25, -0.2) is 9.18 Å². The Morgan fingerprint density at radius 2 is 2.15 bits per heavy atom. The second-order valence-electron chi connectivity index (χ2n) is 9.18. The number of fused-ring (bicyclic) bond motifs is 1. The quantitative estimate of drug-likeness (QED) is 0.396. The second kappa shape index (κ2) is 12.8. The van der Waals surface area contributed by atoms with Crippen LogP contribution < -0.4 is 4.74 Å². The number of aliphatic carboxylic acids is 1. The summed E-state index contributed by atoms with van der Waals surface area (Å²) in [4.78, 5) is 11.3. The molecule has 34 heavy (non-hydrogen) atoms. The molecular formula is C25H34ClFO7. The van der Waals surface area contributed by atoms with Crippen LogP contribution in [0, 0.1) is 23.6 Å². The minimum Gasteiger partial charge on any atom is -0.490 e. The number of hydrogen-bond acceptors (Lipinski definition) is 6. The van der Waals surface area contributed by atoms with Crippen molar-refractivity contribution in [3.8, 4) is 5.75 Å². The lowest BCUT2D eigenvalue weighted by atomic mass is 9.87. The maximum Gasteiger partial charge on any atom is 0.332 e. The normalized spacial score (nSPS) is 28.9. The molecule has 0 aromatic heterocycles. The number of carbonyl (C=O) groups is 1. The van der Waals surface area contributed by atoms with Gasteiger partial charge < -0.3 is 29.5 Å². The Kier molecular flexibility index (Phi) is 10.2. The van der Waals surface area contributed by atoms with Crippen LogP contribution in [-0.4, -0.2) is 65.5 Å². The highest BCUT2D eigenvalue weighted by molar-refractivity contribution is 6.30. The zero-order valence-corrected chi connectivity index (χ0v) is 20.1. The molecule has 7 nitrogen and oxygen atoms in total. The van der Waals surface area contributed by atoms with Gasteiger partial charge in [0.15, 0.2) is 6.10 Å². The number of carboxylic acid groups (broad SMARTS) is 1. The number of rotatable bonds is 11. The molecule has 1 heterocycles. The van der Waals surface area contributed by atoms with Gasteiger partial charge >= 0.3 is 5.97 Å². The summed E-state index contributed by atoms with van der Waals surface area (Å²) in [5, 5.41) is 30.3. The monoisotopic (exact) mass is 500 g/mol. The number of ether oxygens (including phenoxy) is 3. The van der Waals surface area contributed by atoms with Crippen LogP contribution in [0.1, 0.15) is 39.0 Å². The third kappa shape index (κ3) is 7.65. The third-order valence-corrected chi connectivity index (χ3v) is 6.73. The minimum atomic E-state index is -0.940. The van der Waals surface area contributed by atoms with Gasteiger partial charge in [0.25, 0.3) is 0 Å². The summed E-state index contributed by atoms with van der Waals surface area (Å²) >= 11 is 5.81. The molecule has 3 rings (SSSR count). The van der Waals surface area contributed by atoms with Gasteiger partial charge in [-0.15, -0.1) is 0 Å². The molecule has 1 aliphatic heterocycles. The summed E-state index contributed by atoms with van der Waals surface area (Å²) in [5.74, 6) is -1.21. The molecule has 3 N–H and O–H groups in total. The number of aliphatic hydroxyl groups excluding tert-OH is 2. The Hall–Kier alpha value is -1.71. The average Bonchev–Trinajstić information content (AvgIpc) is 2.94. The van der Waals surface area contributed by atoms with E-state index in [0.29, 0.717) is 26.1 Å². The van der Waals surface area contributed by atoms with E-state index in [-0.39, 0.29) is 41.2 Å². The van der Waals surface area contributed by atoms with Crippen LogP contribution in [0.25, 0.3) is 0 Å². The van der Waals surface area contributed by atoms with Gasteiger partial charge in [-0.1, -0.05) is 37.1 Å². The van der Waals surface area contributed by atoms with E-state index in [4.69, 9.17) is 25.8 Å². The minimum absolute atomic E-state index is 0.0778. The molecule has 0 radical (unpaired) electrons. The zero-order valence-electron chi connectivity index (χ0n) is 19.3. The van der Waals surface area contributed by atoms with Gasteiger partial charge in [0.05, 0.1) is 25.4 Å². The standard InChI is InChI=1S/C25H34ClFO7/c1-2-3-23(25(30)31)33-12-15-4-6-21-20(22(29)11-24(21)34-13-15)7-5-18(28)14-32-19-9-16(26)8-17(27)10-19/h5,7-10,15,18,20-24,28-29H,2-4,6,11-14H2,1H3,(H,30,31)/t15-,18+,20+,21+,22+,23?,24-/m0/s1. The van der Waals surface area contributed by atoms with Gasteiger partial charge in [-0.05, 0) is 37.3 Å². The summed E-state index contributed by atoms with van der Waals surface area (Å²) < 4.78 is 30.5. The van der Waals surface area contributed by atoms with Crippen LogP contribution >= 0.6 is 11.6 Å². The summed E-state index contributed by atoms with van der Waals surface area (Å²) in [6.07, 6.45) is 4.34. The van der Waals surface area contributed by atoms with Gasteiger partial charge in [-0.3, -0.25) is 0 Å². The topological polar surface area (TPSA) is 105 Å². The smallest absolute Gasteiger partial charge is 0.332 e. The summed E-state index contributed by atoms with van der Waals surface area (Å²) in [5.41, 5.74) is 0. The lowest BCUT2D eigenvalue weighted by Gasteiger charge is -2.21. The molecule has 190 valence electrons. The largest absolute Gasteiger partial charge is 0.490 e. The fourth-order valence-electron chi connectivity index (χ4n) is 4.74. The van der Waals surface area contributed by atoms with E-state index >= 15 is 0 Å². The van der Waals surface area contributed by atoms with E-state index in [0.717, 1.165) is 19.3 Å². The predicted molar refractivity (Wildman–Crippen MR) is 124 cm³/mol. The number of carboxylic acids is 1. The lowest BCUT2D eigenvalue weighted by molar-refractivity contribution is -0.152. The Balaban J connectivity index is 1.51. The van der Waals surface area contributed by atoms with Crippen molar-refractivity contribution in [3.05, 3.63) is 41.2 Å². The molecule has 0 spiro atoms. The van der Waals surface area contributed by atoms with Crippen molar-refractivity contribution in [2.24, 2.45) is 17.8 Å². The molecule has 7 atom stereocenters. The summed E-state index contributed by atoms with van der Waals surface area (Å²) in [6, 6.07) is 3.83. The fourth-order valence-corrected chi connectivity index (χ4v) is 4.96. The zero-order chi connectivity index (χ0) is 24.7. The number of benzene rings is 1. The first-order valence-corrected chi connectivity index (χ1v) is 12.2. The lowest BCUT2D eigenvalue weighted by Crippen LogP contribution is -2.27. The summed E-state index contributed by atoms with van der Waals surface area (Å²) in [7, 11) is 0. The van der Waals surface area contributed by atoms with Crippen LogP contribution in [0.5, 0.6) is 5.75 Å². The molecule has 1 aliphatic carbocycles. The maximum atomic E-state index is 13.4. The molecule has 1 unspecified atom stereocenters. The van der Waals surface area contributed by atoms with Crippen molar-refractivity contribution in [1.29, 1.82) is 0 Å². The van der Waals surface area contributed by atoms with E-state index in [9.17, 15) is 24.5 Å². The highest BCUT2D eigenvalue weighted by atomic mass is 35.5. The van der Waals surface area contributed by atoms with Crippen LogP contribution in [0.4, 0.5) is 4.39 Å². The van der Waals surface area contributed by atoms with Crippen molar-refractivity contribution >= 4 is 17.6 Å². The molecule has 9 heteroatoms. The highest BCUT2D eigenvalue weighted by Gasteiger charge is 2.43. The fraction of sp³-hybridized carbons (Fsp3) is 0.640. The number of hydrogen-bond donors (Lipinski definition) is 3. The van der Waals surface area contributed by atoms with Crippen LogP contribution in [0.2, 0.25) is 5.02 Å². The van der Waals surface area contributed by atoms with Crippen LogP contribution in [-0.2, 0) is 14.3 Å². The Bertz CT molecular complexity index is 815. The highest BCUT2D eigenvalue weighted by Crippen LogP contribution is 2.41. The number of aliphatic hydroxyl groups is 2. The Morgan fingerprint density at radius 3 is 2.85 bits per heavy atom. The van der Waals surface area contributed by atoms with E-state index in [1.165, 1.54) is 18.2 Å². The molecule has 1 saturated carbocycles.